The van der Waals surface area contributed by atoms with E-state index in [0.29, 0.717) is 24.7 Å². The molecule has 2 rings (SSSR count). The summed E-state index contributed by atoms with van der Waals surface area (Å²) in [7, 11) is 1.61. The fourth-order valence-electron chi connectivity index (χ4n) is 1.77. The molecule has 102 valence electrons. The van der Waals surface area contributed by atoms with Gasteiger partial charge in [-0.3, -0.25) is 0 Å². The average molecular weight is 262 g/mol. The second kappa shape index (κ2) is 6.19. The minimum Gasteiger partial charge on any atom is -0.493 e. The van der Waals surface area contributed by atoms with Crippen molar-refractivity contribution in [2.45, 2.75) is 26.6 Å². The Morgan fingerprint density at radius 3 is 2.84 bits per heavy atom. The van der Waals surface area contributed by atoms with Crippen LogP contribution in [0.15, 0.2) is 24.5 Å². The lowest BCUT2D eigenvalue weighted by Crippen LogP contribution is -2.08. The lowest BCUT2D eigenvalue weighted by atomic mass is 10.2. The Morgan fingerprint density at radius 1 is 1.32 bits per heavy atom. The van der Waals surface area contributed by atoms with Crippen LogP contribution in [0, 0.1) is 0 Å². The standard InChI is InChI=1S/C13H18N4O2/c1-3-17-13(15-9-16-17)8-19-12-6-10(7-14)4-5-11(12)18-2/h4-6,9H,3,7-8,14H2,1-2H3. The third kappa shape index (κ3) is 3.03. The van der Waals surface area contributed by atoms with Gasteiger partial charge in [0.05, 0.1) is 7.11 Å². The van der Waals surface area contributed by atoms with Gasteiger partial charge in [-0.15, -0.1) is 0 Å². The van der Waals surface area contributed by atoms with Gasteiger partial charge in [0.2, 0.25) is 0 Å². The van der Waals surface area contributed by atoms with Gasteiger partial charge >= 0.3 is 0 Å². The Hall–Kier alpha value is -2.08. The number of aryl methyl sites for hydroxylation is 1. The van der Waals surface area contributed by atoms with Gasteiger partial charge in [0.1, 0.15) is 12.9 Å². The van der Waals surface area contributed by atoms with Crippen LogP contribution < -0.4 is 15.2 Å². The number of methoxy groups -OCH3 is 1. The second-order valence-electron chi connectivity index (χ2n) is 3.97. The molecule has 1 heterocycles. The minimum absolute atomic E-state index is 0.345. The molecule has 1 aromatic carbocycles. The fourth-order valence-corrected chi connectivity index (χ4v) is 1.77. The number of hydrogen-bond acceptors (Lipinski definition) is 5. The molecule has 6 nitrogen and oxygen atoms in total. The zero-order chi connectivity index (χ0) is 13.7. The molecule has 1 aromatic heterocycles. The topological polar surface area (TPSA) is 75.2 Å². The molecule has 19 heavy (non-hydrogen) atoms. The molecule has 0 spiro atoms. The van der Waals surface area contributed by atoms with Crippen LogP contribution in [0.3, 0.4) is 0 Å². The van der Waals surface area contributed by atoms with E-state index in [1.807, 2.05) is 25.1 Å². The summed E-state index contributed by atoms with van der Waals surface area (Å²) in [6.07, 6.45) is 1.52. The largest absolute Gasteiger partial charge is 0.493 e. The van der Waals surface area contributed by atoms with Gasteiger partial charge in [-0.05, 0) is 24.6 Å². The van der Waals surface area contributed by atoms with Crippen molar-refractivity contribution in [3.8, 4) is 11.5 Å². The Morgan fingerprint density at radius 2 is 2.16 bits per heavy atom. The quantitative estimate of drug-likeness (QED) is 0.850. The molecule has 6 heteroatoms. The van der Waals surface area contributed by atoms with Crippen molar-refractivity contribution < 1.29 is 9.47 Å². The molecular weight excluding hydrogens is 244 g/mol. The lowest BCUT2D eigenvalue weighted by molar-refractivity contribution is 0.269. The lowest BCUT2D eigenvalue weighted by Gasteiger charge is -2.11. The second-order valence-corrected chi connectivity index (χ2v) is 3.97. The van der Waals surface area contributed by atoms with Crippen molar-refractivity contribution in [2.24, 2.45) is 5.73 Å². The summed E-state index contributed by atoms with van der Waals surface area (Å²) in [6, 6.07) is 5.65. The van der Waals surface area contributed by atoms with Crippen molar-refractivity contribution in [1.82, 2.24) is 14.8 Å². The number of ether oxygens (including phenoxy) is 2. The molecule has 0 amide bonds. The van der Waals surface area contributed by atoms with Crippen LogP contribution in [0.25, 0.3) is 0 Å². The van der Waals surface area contributed by atoms with E-state index >= 15 is 0 Å². The van der Waals surface area contributed by atoms with Gasteiger partial charge in [-0.1, -0.05) is 6.07 Å². The van der Waals surface area contributed by atoms with E-state index in [4.69, 9.17) is 15.2 Å². The third-order valence-corrected chi connectivity index (χ3v) is 2.82. The molecule has 0 aliphatic carbocycles. The normalized spacial score (nSPS) is 10.5. The van der Waals surface area contributed by atoms with E-state index in [9.17, 15) is 0 Å². The fraction of sp³-hybridized carbons (Fsp3) is 0.385. The molecule has 0 aliphatic rings. The zero-order valence-electron chi connectivity index (χ0n) is 11.2. The Kier molecular flexibility index (Phi) is 4.35. The van der Waals surface area contributed by atoms with Crippen molar-refractivity contribution >= 4 is 0 Å². The highest BCUT2D eigenvalue weighted by Crippen LogP contribution is 2.28. The summed E-state index contributed by atoms with van der Waals surface area (Å²) in [5.74, 6) is 2.12. The highest BCUT2D eigenvalue weighted by atomic mass is 16.5. The molecule has 0 unspecified atom stereocenters. The maximum absolute atomic E-state index is 5.75. The Balaban J connectivity index is 2.14. The minimum atomic E-state index is 0.345. The van der Waals surface area contributed by atoms with Gasteiger partial charge in [0.25, 0.3) is 0 Å². The Labute approximate surface area is 112 Å². The monoisotopic (exact) mass is 262 g/mol. The van der Waals surface area contributed by atoms with Crippen LogP contribution >= 0.6 is 0 Å². The first kappa shape index (κ1) is 13.4. The van der Waals surface area contributed by atoms with E-state index in [1.54, 1.807) is 11.8 Å². The van der Waals surface area contributed by atoms with Crippen LogP contribution in [0.1, 0.15) is 18.3 Å². The number of rotatable bonds is 6. The number of benzene rings is 1. The van der Waals surface area contributed by atoms with E-state index in [0.717, 1.165) is 17.9 Å². The average Bonchev–Trinajstić information content (AvgIpc) is 2.92. The predicted octanol–water partition coefficient (Wildman–Crippen LogP) is 1.34. The molecule has 0 atom stereocenters. The van der Waals surface area contributed by atoms with E-state index in [2.05, 4.69) is 10.1 Å². The first-order chi connectivity index (χ1) is 9.28. The summed E-state index contributed by atoms with van der Waals surface area (Å²) in [4.78, 5) is 4.16. The molecule has 0 aliphatic heterocycles. The van der Waals surface area contributed by atoms with Gasteiger partial charge in [0.15, 0.2) is 17.3 Å². The molecule has 0 radical (unpaired) electrons. The van der Waals surface area contributed by atoms with E-state index < -0.39 is 0 Å². The molecule has 2 N–H and O–H groups in total. The number of nitrogens with zero attached hydrogens (tertiary/aromatic N) is 3. The summed E-state index contributed by atoms with van der Waals surface area (Å²) in [5, 5.41) is 4.10. The smallest absolute Gasteiger partial charge is 0.164 e. The van der Waals surface area contributed by atoms with Gasteiger partial charge in [-0.2, -0.15) is 5.10 Å². The summed E-state index contributed by atoms with van der Waals surface area (Å²) < 4.78 is 12.8. The van der Waals surface area contributed by atoms with Crippen molar-refractivity contribution in [3.63, 3.8) is 0 Å². The molecule has 0 saturated heterocycles. The number of nitrogens with two attached hydrogens (primary N) is 1. The van der Waals surface area contributed by atoms with Crippen molar-refractivity contribution in [3.05, 3.63) is 35.9 Å². The number of hydrogen-bond donors (Lipinski definition) is 1. The third-order valence-electron chi connectivity index (χ3n) is 2.82. The van der Waals surface area contributed by atoms with Gasteiger partial charge in [-0.25, -0.2) is 9.67 Å². The van der Waals surface area contributed by atoms with Crippen LogP contribution in [0.4, 0.5) is 0 Å². The first-order valence-corrected chi connectivity index (χ1v) is 6.15. The highest BCUT2D eigenvalue weighted by molar-refractivity contribution is 5.42. The van der Waals surface area contributed by atoms with Crippen LogP contribution in [-0.2, 0) is 19.7 Å². The maximum Gasteiger partial charge on any atom is 0.164 e. The molecule has 2 aromatic rings. The molecule has 0 saturated carbocycles. The van der Waals surface area contributed by atoms with Crippen molar-refractivity contribution in [2.75, 3.05) is 7.11 Å². The van der Waals surface area contributed by atoms with Crippen molar-refractivity contribution in [1.29, 1.82) is 0 Å². The van der Waals surface area contributed by atoms with Crippen LogP contribution in [-0.4, -0.2) is 21.9 Å². The molecule has 0 bridgehead atoms. The van der Waals surface area contributed by atoms with E-state index in [-0.39, 0.29) is 0 Å². The summed E-state index contributed by atoms with van der Waals surface area (Å²) in [5.41, 5.74) is 6.62. The maximum atomic E-state index is 5.75. The predicted molar refractivity (Wildman–Crippen MR) is 70.9 cm³/mol. The summed E-state index contributed by atoms with van der Waals surface area (Å²) in [6.45, 7) is 3.58. The zero-order valence-corrected chi connectivity index (χ0v) is 11.2. The van der Waals surface area contributed by atoms with Gasteiger partial charge < -0.3 is 15.2 Å². The van der Waals surface area contributed by atoms with Crippen LogP contribution in [0.2, 0.25) is 0 Å². The SMILES string of the molecule is CCn1ncnc1COc1cc(CN)ccc1OC. The van der Waals surface area contributed by atoms with Gasteiger partial charge in [0, 0.05) is 13.1 Å². The summed E-state index contributed by atoms with van der Waals surface area (Å²) >= 11 is 0. The molecular formula is C13H18N4O2. The molecule has 0 fully saturated rings. The van der Waals surface area contributed by atoms with E-state index in [1.165, 1.54) is 6.33 Å². The Bertz CT molecular complexity index is 539. The number of aromatic nitrogens is 3. The highest BCUT2D eigenvalue weighted by Gasteiger charge is 2.08. The first-order valence-electron chi connectivity index (χ1n) is 6.15. The van der Waals surface area contributed by atoms with Crippen LogP contribution in [0.5, 0.6) is 11.5 Å².